The van der Waals surface area contributed by atoms with Gasteiger partial charge in [0.1, 0.15) is 17.3 Å². The Morgan fingerprint density at radius 3 is 1.57 bits per heavy atom. The summed E-state index contributed by atoms with van der Waals surface area (Å²) in [6.45, 7) is -0.237. The number of para-hydroxylation sites is 4. The van der Waals surface area contributed by atoms with Crippen LogP contribution in [0.15, 0.2) is 189 Å². The molecule has 0 saturated heterocycles. The molecular formula is C49H31BN10. The molecule has 0 saturated carbocycles. The first-order chi connectivity index (χ1) is 29.8. The van der Waals surface area contributed by atoms with Gasteiger partial charge in [-0.05, 0) is 101 Å². The molecule has 4 aliphatic rings. The highest BCUT2D eigenvalue weighted by molar-refractivity contribution is 7.00. The number of anilines is 15. The van der Waals surface area contributed by atoms with Gasteiger partial charge in [0.05, 0.1) is 17.1 Å². The molecule has 0 radical (unpaired) electrons. The average Bonchev–Trinajstić information content (AvgIpc) is 3.32. The average molecular weight is 771 g/mol. The van der Waals surface area contributed by atoms with Crippen LogP contribution >= 0.6 is 0 Å². The summed E-state index contributed by atoms with van der Waals surface area (Å²) >= 11 is 0. The Morgan fingerprint density at radius 1 is 0.350 bits per heavy atom. The van der Waals surface area contributed by atoms with E-state index in [0.29, 0.717) is 0 Å². The third-order valence-electron chi connectivity index (χ3n) is 11.9. The molecule has 0 unspecified atom stereocenters. The van der Waals surface area contributed by atoms with Crippen molar-refractivity contribution >= 4 is 109 Å². The van der Waals surface area contributed by atoms with Crippen LogP contribution < -0.4 is 40.9 Å². The van der Waals surface area contributed by atoms with Crippen molar-refractivity contribution in [3.05, 3.63) is 189 Å². The second-order valence-corrected chi connectivity index (χ2v) is 15.0. The van der Waals surface area contributed by atoms with Crippen LogP contribution in [0.4, 0.5) is 86.0 Å². The summed E-state index contributed by atoms with van der Waals surface area (Å²) < 4.78 is 0. The van der Waals surface area contributed by atoms with Crippen molar-refractivity contribution < 1.29 is 0 Å². The predicted molar refractivity (Wildman–Crippen MR) is 241 cm³/mol. The fraction of sp³-hybridized carbons (Fsp3) is 0. The molecule has 4 aromatic carbocycles. The van der Waals surface area contributed by atoms with E-state index in [4.69, 9.17) is 24.9 Å². The molecule has 4 aliphatic heterocycles. The predicted octanol–water partition coefficient (Wildman–Crippen LogP) is 9.78. The minimum Gasteiger partial charge on any atom is -0.298 e. The highest BCUT2D eigenvalue weighted by Crippen LogP contribution is 2.62. The number of nitrogens with zero attached hydrogens (tertiary/aromatic N) is 10. The van der Waals surface area contributed by atoms with Gasteiger partial charge < -0.3 is 0 Å². The summed E-state index contributed by atoms with van der Waals surface area (Å²) in [6.07, 6.45) is 9.56. The molecule has 280 valence electrons. The maximum absolute atomic E-state index is 5.85. The van der Waals surface area contributed by atoms with Gasteiger partial charge >= 0.3 is 0 Å². The molecule has 13 rings (SSSR count). The lowest BCUT2D eigenvalue weighted by Gasteiger charge is -2.47. The summed E-state index contributed by atoms with van der Waals surface area (Å²) in [7, 11) is 0. The minimum absolute atomic E-state index is 0.237. The minimum atomic E-state index is -0.237. The van der Waals surface area contributed by atoms with E-state index in [9.17, 15) is 0 Å². The van der Waals surface area contributed by atoms with Crippen LogP contribution in [0.2, 0.25) is 0 Å². The smallest absolute Gasteiger partial charge is 0.258 e. The molecule has 60 heavy (non-hydrogen) atoms. The third kappa shape index (κ3) is 4.51. The van der Waals surface area contributed by atoms with Gasteiger partial charge in [0.2, 0.25) is 0 Å². The van der Waals surface area contributed by atoms with E-state index in [2.05, 4.69) is 158 Å². The van der Waals surface area contributed by atoms with Crippen LogP contribution in [-0.2, 0) is 0 Å². The zero-order chi connectivity index (χ0) is 39.3. The number of pyridine rings is 5. The second kappa shape index (κ2) is 12.6. The van der Waals surface area contributed by atoms with E-state index in [-0.39, 0.29) is 6.71 Å². The van der Waals surface area contributed by atoms with Crippen molar-refractivity contribution in [1.82, 2.24) is 24.9 Å². The Bertz CT molecular complexity index is 2940. The number of hydrogen-bond donors (Lipinski definition) is 0. The Kier molecular flexibility index (Phi) is 6.87. The van der Waals surface area contributed by atoms with E-state index < -0.39 is 0 Å². The molecule has 0 amide bonds. The lowest BCUT2D eigenvalue weighted by molar-refractivity contribution is 1.02. The van der Waals surface area contributed by atoms with Crippen LogP contribution in [0.5, 0.6) is 0 Å². The standard InChI is InChI=1S/C49H31BN10/c1-5-14-32(15-6-1)56-38-23-27-51-31-37(38)50-36-30-42-47(55-45(36)57(33-16-7-2-8-17-33)39-24-28-53-48(56)43(39)50)59(35-20-11-4-12-21-35)49-44-40(25-29-54-49)58(34-18-9-3-10-19-34)46-41(60(42)44)22-13-26-52-46/h1-31H. The SMILES string of the molecule is c1ccc(N2c3ccnc4c3B(c3cnccc3N4c3ccccc3)c3cc4c(nc32)N(c2ccccc2)c2nccc3c2N4c2cccnc2N3c2ccccc2)cc1. The maximum Gasteiger partial charge on any atom is 0.258 e. The number of fused-ring (bicyclic) bond motifs is 8. The van der Waals surface area contributed by atoms with Crippen LogP contribution in [0.1, 0.15) is 0 Å². The lowest BCUT2D eigenvalue weighted by Crippen LogP contribution is -2.62. The van der Waals surface area contributed by atoms with Gasteiger partial charge in [-0.15, -0.1) is 0 Å². The van der Waals surface area contributed by atoms with Crippen molar-refractivity contribution in [2.24, 2.45) is 0 Å². The number of aromatic nitrogens is 5. The van der Waals surface area contributed by atoms with Crippen molar-refractivity contribution in [3.63, 3.8) is 0 Å². The van der Waals surface area contributed by atoms with Crippen LogP contribution in [0.3, 0.4) is 0 Å². The van der Waals surface area contributed by atoms with Crippen molar-refractivity contribution in [1.29, 1.82) is 0 Å². The van der Waals surface area contributed by atoms with Gasteiger partial charge in [-0.1, -0.05) is 72.8 Å². The topological polar surface area (TPSA) is 80.7 Å². The molecular weight excluding hydrogens is 739 g/mol. The molecule has 11 heteroatoms. The molecule has 0 bridgehead atoms. The fourth-order valence-electron chi connectivity index (χ4n) is 9.50. The van der Waals surface area contributed by atoms with Crippen molar-refractivity contribution in [2.45, 2.75) is 0 Å². The second-order valence-electron chi connectivity index (χ2n) is 15.0. The largest absolute Gasteiger partial charge is 0.298 e. The van der Waals surface area contributed by atoms with Gasteiger partial charge in [-0.25, -0.2) is 19.9 Å². The lowest BCUT2D eigenvalue weighted by atomic mass is 9.34. The fourth-order valence-corrected chi connectivity index (χ4v) is 9.50. The highest BCUT2D eigenvalue weighted by atomic mass is 15.4. The van der Waals surface area contributed by atoms with Gasteiger partial charge in [0.15, 0.2) is 17.5 Å². The first kappa shape index (κ1) is 32.7. The molecule has 0 fully saturated rings. The number of rotatable bonds is 4. The Labute approximate surface area is 346 Å². The Hall–Kier alpha value is -8.31. The van der Waals surface area contributed by atoms with Crippen LogP contribution in [0, 0.1) is 0 Å². The van der Waals surface area contributed by atoms with Crippen LogP contribution in [0.25, 0.3) is 0 Å². The summed E-state index contributed by atoms with van der Waals surface area (Å²) in [5.74, 6) is 4.05. The molecule has 0 atom stereocenters. The van der Waals surface area contributed by atoms with E-state index in [1.54, 1.807) is 0 Å². The molecule has 0 spiro atoms. The van der Waals surface area contributed by atoms with Crippen molar-refractivity contribution in [3.8, 4) is 0 Å². The Balaban J connectivity index is 1.14. The first-order valence-corrected chi connectivity index (χ1v) is 20.0. The Morgan fingerprint density at radius 2 is 0.900 bits per heavy atom. The van der Waals surface area contributed by atoms with Gasteiger partial charge in [-0.2, -0.15) is 0 Å². The molecule has 0 aliphatic carbocycles. The highest BCUT2D eigenvalue weighted by Gasteiger charge is 2.48. The van der Waals surface area contributed by atoms with Gasteiger partial charge in [0.25, 0.3) is 6.71 Å². The maximum atomic E-state index is 5.85. The third-order valence-corrected chi connectivity index (χ3v) is 11.9. The molecule has 9 aromatic rings. The van der Waals surface area contributed by atoms with Crippen LogP contribution in [-0.4, -0.2) is 31.6 Å². The first-order valence-electron chi connectivity index (χ1n) is 20.0. The number of hydrogen-bond acceptors (Lipinski definition) is 10. The monoisotopic (exact) mass is 770 g/mol. The van der Waals surface area contributed by atoms with E-state index in [1.165, 1.54) is 0 Å². The number of benzene rings is 4. The van der Waals surface area contributed by atoms with Gasteiger partial charge in [0, 0.05) is 65.1 Å². The summed E-state index contributed by atoms with van der Waals surface area (Å²) in [5.41, 5.74) is 13.0. The zero-order valence-electron chi connectivity index (χ0n) is 31.9. The van der Waals surface area contributed by atoms with Crippen molar-refractivity contribution in [2.75, 3.05) is 24.5 Å². The molecule has 0 N–H and O–H groups in total. The van der Waals surface area contributed by atoms with E-state index in [0.717, 1.165) is 102 Å². The zero-order valence-corrected chi connectivity index (χ0v) is 31.9. The molecule has 5 aromatic heterocycles. The summed E-state index contributed by atoms with van der Waals surface area (Å²) in [5, 5.41) is 0. The normalized spacial score (nSPS) is 13.8. The summed E-state index contributed by atoms with van der Waals surface area (Å²) in [6, 6.07) is 54.6. The van der Waals surface area contributed by atoms with E-state index in [1.807, 2.05) is 55.2 Å². The molecule has 9 heterocycles. The quantitative estimate of drug-likeness (QED) is 0.162. The molecule has 10 nitrogen and oxygen atoms in total. The van der Waals surface area contributed by atoms with Gasteiger partial charge in [-0.3, -0.25) is 29.5 Å². The summed E-state index contributed by atoms with van der Waals surface area (Å²) in [4.78, 5) is 37.4. The van der Waals surface area contributed by atoms with E-state index >= 15 is 0 Å².